The Hall–Kier alpha value is -1.92. The molecule has 4 nitrogen and oxygen atoms in total. The van der Waals surface area contributed by atoms with Gasteiger partial charge in [0.05, 0.1) is 6.21 Å². The van der Waals surface area contributed by atoms with E-state index in [2.05, 4.69) is 37.8 Å². The fourth-order valence-electron chi connectivity index (χ4n) is 3.11. The second-order valence-electron chi connectivity index (χ2n) is 6.67. The molecule has 0 aromatic heterocycles. The molecule has 0 spiro atoms. The molecule has 2 aromatic rings. The summed E-state index contributed by atoms with van der Waals surface area (Å²) < 4.78 is 6.92. The molecule has 1 fully saturated rings. The van der Waals surface area contributed by atoms with Crippen molar-refractivity contribution in [3.8, 4) is 5.75 Å². The first-order valence-electron chi connectivity index (χ1n) is 9.26. The molecule has 0 heterocycles. The van der Waals surface area contributed by atoms with Gasteiger partial charge in [-0.25, -0.2) is 0 Å². The summed E-state index contributed by atoms with van der Waals surface area (Å²) in [7, 11) is 0. The third kappa shape index (κ3) is 6.96. The van der Waals surface area contributed by atoms with E-state index in [0.717, 1.165) is 21.3 Å². The van der Waals surface area contributed by atoms with Crippen LogP contribution in [0, 0.1) is 0 Å². The Kier molecular flexibility index (Phi) is 7.66. The molecule has 142 valence electrons. The lowest BCUT2D eigenvalue weighted by Gasteiger charge is -2.23. The van der Waals surface area contributed by atoms with Crippen molar-refractivity contribution in [3.63, 3.8) is 0 Å². The number of nitrogens with zero attached hydrogens (tertiary/aromatic N) is 1. The maximum Gasteiger partial charge on any atom is 0.187 e. The van der Waals surface area contributed by atoms with Crippen LogP contribution in [0.4, 0.5) is 0 Å². The van der Waals surface area contributed by atoms with Gasteiger partial charge >= 0.3 is 0 Å². The maximum atomic E-state index is 5.87. The SMILES string of the molecule is S=C(N/N=C/c1cccc(OCc2cccc(Br)c2)c1)NC1CCCCC1. The van der Waals surface area contributed by atoms with Gasteiger partial charge in [0, 0.05) is 10.5 Å². The maximum absolute atomic E-state index is 5.87. The van der Waals surface area contributed by atoms with E-state index < -0.39 is 0 Å². The highest BCUT2D eigenvalue weighted by molar-refractivity contribution is 9.10. The molecule has 1 saturated carbocycles. The number of benzene rings is 2. The molecule has 3 rings (SSSR count). The highest BCUT2D eigenvalue weighted by Gasteiger charge is 2.13. The van der Waals surface area contributed by atoms with Gasteiger partial charge in [0.25, 0.3) is 0 Å². The molecular weight excluding hydrogens is 422 g/mol. The van der Waals surface area contributed by atoms with Gasteiger partial charge in [0.1, 0.15) is 12.4 Å². The summed E-state index contributed by atoms with van der Waals surface area (Å²) in [5.74, 6) is 0.807. The zero-order valence-electron chi connectivity index (χ0n) is 15.2. The standard InChI is InChI=1S/C21H24BrN3OS/c22-18-8-4-7-17(12-18)15-26-20-11-5-6-16(13-20)14-23-25-21(27)24-19-9-2-1-3-10-19/h4-8,11-14,19H,1-3,9-10,15H2,(H2,24,25,27)/b23-14+. The molecule has 0 amide bonds. The van der Waals surface area contributed by atoms with Crippen LogP contribution in [-0.4, -0.2) is 17.4 Å². The van der Waals surface area contributed by atoms with E-state index in [9.17, 15) is 0 Å². The van der Waals surface area contributed by atoms with Gasteiger partial charge in [-0.15, -0.1) is 0 Å². The topological polar surface area (TPSA) is 45.7 Å². The average Bonchev–Trinajstić information content (AvgIpc) is 2.68. The number of hydrogen-bond acceptors (Lipinski definition) is 3. The van der Waals surface area contributed by atoms with Crippen molar-refractivity contribution in [2.75, 3.05) is 0 Å². The van der Waals surface area contributed by atoms with Crippen molar-refractivity contribution in [3.05, 3.63) is 64.1 Å². The van der Waals surface area contributed by atoms with Crippen molar-refractivity contribution in [1.82, 2.24) is 10.7 Å². The molecule has 2 aromatic carbocycles. The number of thiocarbonyl (C=S) groups is 1. The summed E-state index contributed by atoms with van der Waals surface area (Å²) in [6.45, 7) is 0.522. The van der Waals surface area contributed by atoms with Crippen molar-refractivity contribution in [1.29, 1.82) is 0 Å². The highest BCUT2D eigenvalue weighted by Crippen LogP contribution is 2.18. The van der Waals surface area contributed by atoms with E-state index in [1.165, 1.54) is 32.1 Å². The average molecular weight is 446 g/mol. The third-order valence-electron chi connectivity index (χ3n) is 4.47. The summed E-state index contributed by atoms with van der Waals surface area (Å²) in [6.07, 6.45) is 8.00. The fraction of sp³-hybridized carbons (Fsp3) is 0.333. The molecule has 0 radical (unpaired) electrons. The minimum absolute atomic E-state index is 0.476. The molecule has 6 heteroatoms. The lowest BCUT2D eigenvalue weighted by atomic mass is 9.96. The molecule has 0 saturated heterocycles. The molecule has 27 heavy (non-hydrogen) atoms. The van der Waals surface area contributed by atoms with Crippen LogP contribution in [0.2, 0.25) is 0 Å². The number of hydrogen-bond donors (Lipinski definition) is 2. The van der Waals surface area contributed by atoms with E-state index >= 15 is 0 Å². The second-order valence-corrected chi connectivity index (χ2v) is 7.99. The van der Waals surface area contributed by atoms with Gasteiger partial charge in [-0.2, -0.15) is 5.10 Å². The summed E-state index contributed by atoms with van der Waals surface area (Å²) >= 11 is 8.79. The third-order valence-corrected chi connectivity index (χ3v) is 5.18. The van der Waals surface area contributed by atoms with Crippen LogP contribution in [-0.2, 0) is 6.61 Å². The molecule has 2 N–H and O–H groups in total. The van der Waals surface area contributed by atoms with Crippen molar-refractivity contribution in [2.45, 2.75) is 44.8 Å². The van der Waals surface area contributed by atoms with E-state index in [1.807, 2.05) is 42.5 Å². The molecule has 0 unspecified atom stereocenters. The van der Waals surface area contributed by atoms with E-state index in [0.29, 0.717) is 17.8 Å². The lowest BCUT2D eigenvalue weighted by molar-refractivity contribution is 0.306. The first kappa shape index (κ1) is 19.8. The molecule has 0 bridgehead atoms. The summed E-state index contributed by atoms with van der Waals surface area (Å²) in [5, 5.41) is 8.16. The minimum atomic E-state index is 0.476. The van der Waals surface area contributed by atoms with Crippen LogP contribution in [0.15, 0.2) is 58.1 Å². The van der Waals surface area contributed by atoms with Crippen LogP contribution in [0.25, 0.3) is 0 Å². The summed E-state index contributed by atoms with van der Waals surface area (Å²) in [4.78, 5) is 0. The molecule has 1 aliphatic rings. The smallest absolute Gasteiger partial charge is 0.187 e. The number of nitrogens with one attached hydrogen (secondary N) is 2. The van der Waals surface area contributed by atoms with Gasteiger partial charge in [0.2, 0.25) is 0 Å². The second kappa shape index (κ2) is 10.4. The monoisotopic (exact) mass is 445 g/mol. The van der Waals surface area contributed by atoms with Gasteiger partial charge in [-0.05, 0) is 60.5 Å². The Morgan fingerprint density at radius 3 is 2.78 bits per heavy atom. The minimum Gasteiger partial charge on any atom is -0.489 e. The predicted octanol–water partition coefficient (Wildman–Crippen LogP) is 5.16. The predicted molar refractivity (Wildman–Crippen MR) is 118 cm³/mol. The van der Waals surface area contributed by atoms with Gasteiger partial charge < -0.3 is 10.1 Å². The van der Waals surface area contributed by atoms with Gasteiger partial charge in [-0.3, -0.25) is 5.43 Å². The number of halogens is 1. The van der Waals surface area contributed by atoms with E-state index in [-0.39, 0.29) is 0 Å². The van der Waals surface area contributed by atoms with Crippen molar-refractivity contribution >= 4 is 39.5 Å². The quantitative estimate of drug-likeness (QED) is 0.366. The molecule has 0 aliphatic heterocycles. The Morgan fingerprint density at radius 2 is 1.96 bits per heavy atom. The molecular formula is C21H24BrN3OS. The zero-order chi connectivity index (χ0) is 18.9. The van der Waals surface area contributed by atoms with Crippen LogP contribution in [0.1, 0.15) is 43.2 Å². The van der Waals surface area contributed by atoms with E-state index in [1.54, 1.807) is 6.21 Å². The Morgan fingerprint density at radius 1 is 1.15 bits per heavy atom. The highest BCUT2D eigenvalue weighted by atomic mass is 79.9. The van der Waals surface area contributed by atoms with Crippen LogP contribution < -0.4 is 15.5 Å². The molecule has 0 atom stereocenters. The fourth-order valence-corrected chi connectivity index (χ4v) is 3.77. The Labute approximate surface area is 174 Å². The van der Waals surface area contributed by atoms with Crippen LogP contribution in [0.3, 0.4) is 0 Å². The van der Waals surface area contributed by atoms with Crippen LogP contribution >= 0.6 is 28.1 Å². The van der Waals surface area contributed by atoms with E-state index in [4.69, 9.17) is 17.0 Å². The lowest BCUT2D eigenvalue weighted by Crippen LogP contribution is -2.40. The van der Waals surface area contributed by atoms with Crippen LogP contribution in [0.5, 0.6) is 5.75 Å². The summed E-state index contributed by atoms with van der Waals surface area (Å²) in [6, 6.07) is 16.4. The molecule has 1 aliphatic carbocycles. The number of hydrazone groups is 1. The zero-order valence-corrected chi connectivity index (χ0v) is 17.6. The van der Waals surface area contributed by atoms with Crippen molar-refractivity contribution in [2.24, 2.45) is 5.10 Å². The largest absolute Gasteiger partial charge is 0.489 e. The normalized spacial score (nSPS) is 14.9. The van der Waals surface area contributed by atoms with Gasteiger partial charge in [-0.1, -0.05) is 59.5 Å². The summed E-state index contributed by atoms with van der Waals surface area (Å²) in [5.41, 5.74) is 4.97. The first-order valence-corrected chi connectivity index (χ1v) is 10.5. The first-order chi connectivity index (χ1) is 13.2. The Balaban J connectivity index is 1.47. The Bertz CT molecular complexity index is 791. The van der Waals surface area contributed by atoms with Gasteiger partial charge in [0.15, 0.2) is 5.11 Å². The number of ether oxygens (including phenoxy) is 1. The van der Waals surface area contributed by atoms with Crippen molar-refractivity contribution < 1.29 is 4.74 Å². The number of rotatable bonds is 6.